The number of carbonyl (C=O) groups is 1. The minimum atomic E-state index is -0.169. The molecule has 2 heterocycles. The van der Waals surface area contributed by atoms with Crippen molar-refractivity contribution in [3.63, 3.8) is 0 Å². The molecule has 0 aliphatic heterocycles. The maximum absolute atomic E-state index is 12.4. The average Bonchev–Trinajstić information content (AvgIpc) is 2.65. The second-order valence-electron chi connectivity index (χ2n) is 6.48. The van der Waals surface area contributed by atoms with Crippen molar-refractivity contribution in [2.24, 2.45) is 0 Å². The highest BCUT2D eigenvalue weighted by Crippen LogP contribution is 2.19. The minimum Gasteiger partial charge on any atom is -0.361 e. The number of nitrogens with one attached hydrogen (secondary N) is 1. The lowest BCUT2D eigenvalue weighted by Gasteiger charge is -2.11. The molecule has 7 nitrogen and oxygen atoms in total. The molecule has 0 radical (unpaired) electrons. The van der Waals surface area contributed by atoms with Crippen LogP contribution in [0, 0.1) is 13.8 Å². The van der Waals surface area contributed by atoms with Crippen LogP contribution in [0.2, 0.25) is 0 Å². The smallest absolute Gasteiger partial charge is 0.251 e. The molecule has 0 aliphatic carbocycles. The third-order valence-electron chi connectivity index (χ3n) is 3.96. The largest absolute Gasteiger partial charge is 0.361 e. The normalized spacial score (nSPS) is 10.5. The number of carbonyl (C=O) groups excluding carboxylic acids is 1. The van der Waals surface area contributed by atoms with Crippen LogP contribution in [0.25, 0.3) is 11.3 Å². The predicted octanol–water partition coefficient (Wildman–Crippen LogP) is 2.55. The number of hydrogen-bond donors (Lipinski definition) is 1. The van der Waals surface area contributed by atoms with E-state index in [2.05, 4.69) is 25.3 Å². The van der Waals surface area contributed by atoms with Gasteiger partial charge < -0.3 is 10.2 Å². The van der Waals surface area contributed by atoms with Crippen LogP contribution in [0.15, 0.2) is 42.7 Å². The lowest BCUT2D eigenvalue weighted by atomic mass is 10.1. The van der Waals surface area contributed by atoms with Gasteiger partial charge in [-0.1, -0.05) is 12.1 Å². The summed E-state index contributed by atoms with van der Waals surface area (Å²) in [4.78, 5) is 31.7. The summed E-state index contributed by atoms with van der Waals surface area (Å²) >= 11 is 0. The fourth-order valence-electron chi connectivity index (χ4n) is 2.64. The summed E-state index contributed by atoms with van der Waals surface area (Å²) in [6.07, 6.45) is 3.42. The molecule has 0 unspecified atom stereocenters. The monoisotopic (exact) mass is 362 g/mol. The summed E-state index contributed by atoms with van der Waals surface area (Å²) < 4.78 is 0. The number of nitrogens with zero attached hydrogens (tertiary/aromatic N) is 5. The van der Waals surface area contributed by atoms with Crippen LogP contribution < -0.4 is 10.2 Å². The van der Waals surface area contributed by atoms with Gasteiger partial charge in [-0.2, -0.15) is 0 Å². The number of hydrogen-bond acceptors (Lipinski definition) is 6. The minimum absolute atomic E-state index is 0.169. The van der Waals surface area contributed by atoms with Crippen LogP contribution >= 0.6 is 0 Å². The molecule has 3 rings (SSSR count). The third-order valence-corrected chi connectivity index (χ3v) is 3.96. The van der Waals surface area contributed by atoms with Gasteiger partial charge in [-0.25, -0.2) is 15.0 Å². The average molecular weight is 362 g/mol. The molecule has 0 saturated carbocycles. The van der Waals surface area contributed by atoms with Crippen LogP contribution in [0.1, 0.15) is 27.6 Å². The van der Waals surface area contributed by atoms with Crippen molar-refractivity contribution in [3.05, 3.63) is 65.5 Å². The quantitative estimate of drug-likeness (QED) is 0.751. The first kappa shape index (κ1) is 18.4. The van der Waals surface area contributed by atoms with Crippen LogP contribution in [-0.2, 0) is 6.54 Å². The number of aromatic nitrogens is 4. The Morgan fingerprint density at radius 2 is 1.67 bits per heavy atom. The Labute approximate surface area is 158 Å². The maximum atomic E-state index is 12.4. The molecule has 1 aromatic carbocycles. The molecule has 1 amide bonds. The summed E-state index contributed by atoms with van der Waals surface area (Å²) in [6, 6.07) is 9.18. The first-order chi connectivity index (χ1) is 12.9. The fourth-order valence-corrected chi connectivity index (χ4v) is 2.64. The molecule has 0 saturated heterocycles. The van der Waals surface area contributed by atoms with Crippen molar-refractivity contribution in [1.29, 1.82) is 0 Å². The van der Waals surface area contributed by atoms with Crippen LogP contribution in [0.4, 0.5) is 5.82 Å². The zero-order valence-corrected chi connectivity index (χ0v) is 15.9. The Kier molecular flexibility index (Phi) is 5.40. The standard InChI is InChI=1S/C20H22N6O/c1-13-9-14(2)24-18(23-13)11-22-20(27)16-7-5-15(6-8-16)17-10-21-12-19(25-17)26(3)4/h5-10,12H,11H2,1-4H3,(H,22,27). The van der Waals surface area contributed by atoms with E-state index in [9.17, 15) is 4.79 Å². The SMILES string of the molecule is Cc1cc(C)nc(CNC(=O)c2ccc(-c3cncc(N(C)C)n3)cc2)n1. The molecule has 0 atom stereocenters. The number of amides is 1. The first-order valence-electron chi connectivity index (χ1n) is 8.61. The second-order valence-corrected chi connectivity index (χ2v) is 6.48. The highest BCUT2D eigenvalue weighted by molar-refractivity contribution is 5.94. The number of benzene rings is 1. The lowest BCUT2D eigenvalue weighted by Crippen LogP contribution is -2.24. The van der Waals surface area contributed by atoms with E-state index < -0.39 is 0 Å². The molecule has 0 spiro atoms. The van der Waals surface area contributed by atoms with Crippen molar-refractivity contribution in [3.8, 4) is 11.3 Å². The summed E-state index contributed by atoms with van der Waals surface area (Å²) in [7, 11) is 3.83. The molecule has 2 aromatic heterocycles. The van der Waals surface area contributed by atoms with E-state index >= 15 is 0 Å². The molecule has 138 valence electrons. The van der Waals surface area contributed by atoms with E-state index in [0.29, 0.717) is 17.9 Å². The lowest BCUT2D eigenvalue weighted by molar-refractivity contribution is 0.0950. The number of rotatable bonds is 5. The van der Waals surface area contributed by atoms with Gasteiger partial charge in [0.1, 0.15) is 11.6 Å². The zero-order chi connectivity index (χ0) is 19.4. The van der Waals surface area contributed by atoms with Crippen LogP contribution in [-0.4, -0.2) is 39.9 Å². The highest BCUT2D eigenvalue weighted by atomic mass is 16.1. The topological polar surface area (TPSA) is 83.9 Å². The Morgan fingerprint density at radius 3 is 2.30 bits per heavy atom. The Hall–Kier alpha value is -3.35. The van der Waals surface area contributed by atoms with Crippen molar-refractivity contribution >= 4 is 11.7 Å². The summed E-state index contributed by atoms with van der Waals surface area (Å²) in [5, 5.41) is 2.85. The van der Waals surface area contributed by atoms with Crippen molar-refractivity contribution in [2.75, 3.05) is 19.0 Å². The van der Waals surface area contributed by atoms with E-state index in [1.54, 1.807) is 24.5 Å². The molecule has 0 aliphatic rings. The van der Waals surface area contributed by atoms with E-state index in [0.717, 1.165) is 28.5 Å². The van der Waals surface area contributed by atoms with Gasteiger partial charge in [0.15, 0.2) is 0 Å². The molecular weight excluding hydrogens is 340 g/mol. The van der Waals surface area contributed by atoms with Gasteiger partial charge >= 0.3 is 0 Å². The molecule has 27 heavy (non-hydrogen) atoms. The highest BCUT2D eigenvalue weighted by Gasteiger charge is 2.09. The first-order valence-corrected chi connectivity index (χ1v) is 8.61. The summed E-state index contributed by atoms with van der Waals surface area (Å²) in [6.45, 7) is 4.11. The van der Waals surface area contributed by atoms with Gasteiger partial charge in [0.05, 0.1) is 24.6 Å². The fraction of sp³-hybridized carbons (Fsp3) is 0.250. The Bertz CT molecular complexity index is 933. The third kappa shape index (κ3) is 4.63. The summed E-state index contributed by atoms with van der Waals surface area (Å²) in [5.41, 5.74) is 4.01. The van der Waals surface area contributed by atoms with Gasteiger partial charge in [-0.15, -0.1) is 0 Å². The van der Waals surface area contributed by atoms with Gasteiger partial charge in [0.2, 0.25) is 0 Å². The van der Waals surface area contributed by atoms with Crippen molar-refractivity contribution in [1.82, 2.24) is 25.3 Å². The van der Waals surface area contributed by atoms with Gasteiger partial charge in [0.25, 0.3) is 5.91 Å². The van der Waals surface area contributed by atoms with Crippen molar-refractivity contribution in [2.45, 2.75) is 20.4 Å². The molecule has 1 N–H and O–H groups in total. The van der Waals surface area contributed by atoms with E-state index in [1.165, 1.54) is 0 Å². The van der Waals surface area contributed by atoms with Crippen molar-refractivity contribution < 1.29 is 4.79 Å². The predicted molar refractivity (Wildman–Crippen MR) is 104 cm³/mol. The molecule has 0 bridgehead atoms. The molecule has 7 heteroatoms. The Morgan fingerprint density at radius 1 is 1.00 bits per heavy atom. The zero-order valence-electron chi connectivity index (χ0n) is 15.9. The summed E-state index contributed by atoms with van der Waals surface area (Å²) in [5.74, 6) is 1.22. The van der Waals surface area contributed by atoms with E-state index in [1.807, 2.05) is 51.0 Å². The van der Waals surface area contributed by atoms with Gasteiger partial charge in [0, 0.05) is 36.6 Å². The van der Waals surface area contributed by atoms with E-state index in [-0.39, 0.29) is 5.91 Å². The van der Waals surface area contributed by atoms with Crippen LogP contribution in [0.3, 0.4) is 0 Å². The van der Waals surface area contributed by atoms with Gasteiger partial charge in [-0.05, 0) is 32.0 Å². The number of anilines is 1. The maximum Gasteiger partial charge on any atom is 0.251 e. The molecule has 0 fully saturated rings. The van der Waals surface area contributed by atoms with Gasteiger partial charge in [-0.3, -0.25) is 9.78 Å². The van der Waals surface area contributed by atoms with E-state index in [4.69, 9.17) is 0 Å². The molecule has 3 aromatic rings. The Balaban J connectivity index is 1.69. The number of aryl methyl sites for hydroxylation is 2. The molecular formula is C20H22N6O. The second kappa shape index (κ2) is 7.90. The van der Waals surface area contributed by atoms with Crippen LogP contribution in [0.5, 0.6) is 0 Å².